The number of carbonyl (C=O) groups excluding carboxylic acids is 4. The van der Waals surface area contributed by atoms with Gasteiger partial charge in [0, 0.05) is 12.8 Å². The molecule has 1 aliphatic heterocycles. The van der Waals surface area contributed by atoms with Gasteiger partial charge in [-0.05, 0) is 23.3 Å². The van der Waals surface area contributed by atoms with E-state index < -0.39 is 35.9 Å². The second-order valence-electron chi connectivity index (χ2n) is 7.72. The monoisotopic (exact) mass is 453 g/mol. The molecule has 9 heteroatoms. The van der Waals surface area contributed by atoms with Gasteiger partial charge < -0.3 is 25.4 Å². The van der Waals surface area contributed by atoms with Crippen LogP contribution in [0.2, 0.25) is 0 Å². The molecule has 2 aromatic rings. The number of hydrogen-bond donors (Lipinski definition) is 3. The van der Waals surface area contributed by atoms with Crippen molar-refractivity contribution in [2.75, 3.05) is 14.2 Å². The topological polar surface area (TPSA) is 123 Å². The van der Waals surface area contributed by atoms with Crippen LogP contribution in [0.25, 0.3) is 0 Å². The molecule has 2 aromatic carbocycles. The maximum Gasteiger partial charge on any atom is 0.328 e. The molecule has 174 valence electrons. The highest BCUT2D eigenvalue weighted by Gasteiger charge is 2.35. The maximum absolute atomic E-state index is 12.6. The van der Waals surface area contributed by atoms with Crippen LogP contribution in [0.5, 0.6) is 5.75 Å². The van der Waals surface area contributed by atoms with Gasteiger partial charge in [0.15, 0.2) is 0 Å². The summed E-state index contributed by atoms with van der Waals surface area (Å²) >= 11 is 0. The summed E-state index contributed by atoms with van der Waals surface area (Å²) in [4.78, 5) is 49.8. The first-order chi connectivity index (χ1) is 15.9. The molecule has 1 heterocycles. The molecule has 3 rings (SSSR count). The third-order valence-corrected chi connectivity index (χ3v) is 5.33. The van der Waals surface area contributed by atoms with E-state index in [0.29, 0.717) is 12.2 Å². The summed E-state index contributed by atoms with van der Waals surface area (Å²) in [5, 5.41) is 7.88. The second-order valence-corrected chi connectivity index (χ2v) is 7.72. The van der Waals surface area contributed by atoms with E-state index in [1.165, 1.54) is 14.2 Å². The third-order valence-electron chi connectivity index (χ3n) is 5.33. The van der Waals surface area contributed by atoms with Crippen LogP contribution in [0, 0.1) is 0 Å². The van der Waals surface area contributed by atoms with Crippen molar-refractivity contribution < 1.29 is 28.7 Å². The van der Waals surface area contributed by atoms with Crippen LogP contribution in [-0.2, 0) is 36.8 Å². The van der Waals surface area contributed by atoms with Crippen LogP contribution >= 0.6 is 0 Å². The van der Waals surface area contributed by atoms with Gasteiger partial charge in [-0.15, -0.1) is 0 Å². The standard InChI is InChI=1S/C24H27N3O6/c1-32-17-10-6-9-16(11-17)13-20(24(31)33-2)25-21(28)14-19-23(30)26-18(22(29)27-19)12-15-7-4-3-5-8-15/h3-11,18-20H,12-14H2,1-2H3,(H,25,28)(H,26,30)(H,27,29)/t18-,19-,20-/m0/s1. The van der Waals surface area contributed by atoms with Gasteiger partial charge in [-0.2, -0.15) is 0 Å². The van der Waals surface area contributed by atoms with Crippen LogP contribution in [0.3, 0.4) is 0 Å². The number of benzene rings is 2. The summed E-state index contributed by atoms with van der Waals surface area (Å²) in [5.74, 6) is -1.37. The number of methoxy groups -OCH3 is 2. The minimum atomic E-state index is -1.03. The Morgan fingerprint density at radius 2 is 1.61 bits per heavy atom. The van der Waals surface area contributed by atoms with Gasteiger partial charge in [0.1, 0.15) is 23.9 Å². The summed E-state index contributed by atoms with van der Waals surface area (Å²) in [6.45, 7) is 0. The first-order valence-corrected chi connectivity index (χ1v) is 10.5. The Balaban J connectivity index is 1.59. The van der Waals surface area contributed by atoms with Crippen molar-refractivity contribution in [3.63, 3.8) is 0 Å². The van der Waals surface area contributed by atoms with Crippen LogP contribution < -0.4 is 20.7 Å². The Bertz CT molecular complexity index is 1010. The predicted molar refractivity (Wildman–Crippen MR) is 119 cm³/mol. The van der Waals surface area contributed by atoms with E-state index in [4.69, 9.17) is 9.47 Å². The number of amides is 3. The van der Waals surface area contributed by atoms with E-state index >= 15 is 0 Å². The molecule has 0 aliphatic carbocycles. The second kappa shape index (κ2) is 11.1. The Kier molecular flexibility index (Phi) is 8.01. The largest absolute Gasteiger partial charge is 0.497 e. The fraction of sp³-hybridized carbons (Fsp3) is 0.333. The van der Waals surface area contributed by atoms with E-state index in [9.17, 15) is 19.2 Å². The summed E-state index contributed by atoms with van der Waals surface area (Å²) in [6, 6.07) is 13.7. The SMILES string of the molecule is COC(=O)[C@H](Cc1cccc(OC)c1)NC(=O)C[C@@H]1NC(=O)[C@H](Cc2ccccc2)NC1=O. The molecule has 1 saturated heterocycles. The van der Waals surface area contributed by atoms with Gasteiger partial charge >= 0.3 is 5.97 Å². The van der Waals surface area contributed by atoms with Crippen molar-refractivity contribution in [2.45, 2.75) is 37.4 Å². The van der Waals surface area contributed by atoms with Gasteiger partial charge in [-0.25, -0.2) is 4.79 Å². The molecule has 1 fully saturated rings. The zero-order valence-corrected chi connectivity index (χ0v) is 18.5. The molecular weight excluding hydrogens is 426 g/mol. The number of hydrogen-bond acceptors (Lipinski definition) is 6. The summed E-state index contributed by atoms with van der Waals surface area (Å²) < 4.78 is 9.99. The zero-order valence-electron chi connectivity index (χ0n) is 18.5. The lowest BCUT2D eigenvalue weighted by Gasteiger charge is -2.29. The van der Waals surface area contributed by atoms with Gasteiger partial charge in [0.25, 0.3) is 0 Å². The molecule has 0 aromatic heterocycles. The first kappa shape index (κ1) is 23.8. The van der Waals surface area contributed by atoms with E-state index in [1.807, 2.05) is 30.3 Å². The smallest absolute Gasteiger partial charge is 0.328 e. The molecule has 3 N–H and O–H groups in total. The van der Waals surface area contributed by atoms with Gasteiger partial charge in [0.05, 0.1) is 20.6 Å². The number of piperazine rings is 1. The van der Waals surface area contributed by atoms with E-state index in [2.05, 4.69) is 16.0 Å². The molecule has 0 unspecified atom stereocenters. The van der Waals surface area contributed by atoms with E-state index in [1.54, 1.807) is 24.3 Å². The minimum absolute atomic E-state index is 0.179. The van der Waals surface area contributed by atoms with Crippen LogP contribution in [-0.4, -0.2) is 56.0 Å². The molecule has 3 amide bonds. The molecule has 33 heavy (non-hydrogen) atoms. The number of carbonyl (C=O) groups is 4. The maximum atomic E-state index is 12.6. The number of ether oxygens (including phenoxy) is 2. The lowest BCUT2D eigenvalue weighted by atomic mass is 10.0. The quantitative estimate of drug-likeness (QED) is 0.476. The highest BCUT2D eigenvalue weighted by Crippen LogP contribution is 2.15. The van der Waals surface area contributed by atoms with Gasteiger partial charge in [0.2, 0.25) is 17.7 Å². The normalized spacial score (nSPS) is 18.5. The van der Waals surface area contributed by atoms with Gasteiger partial charge in [-0.3, -0.25) is 14.4 Å². The molecule has 9 nitrogen and oxygen atoms in total. The van der Waals surface area contributed by atoms with Crippen LogP contribution in [0.1, 0.15) is 17.5 Å². The molecule has 1 aliphatic rings. The molecule has 0 spiro atoms. The first-order valence-electron chi connectivity index (χ1n) is 10.5. The minimum Gasteiger partial charge on any atom is -0.497 e. The highest BCUT2D eigenvalue weighted by atomic mass is 16.5. The van der Waals surface area contributed by atoms with Gasteiger partial charge in [-0.1, -0.05) is 42.5 Å². The van der Waals surface area contributed by atoms with Crippen molar-refractivity contribution in [2.24, 2.45) is 0 Å². The van der Waals surface area contributed by atoms with Crippen molar-refractivity contribution in [1.82, 2.24) is 16.0 Å². The fourth-order valence-corrected chi connectivity index (χ4v) is 3.62. The Morgan fingerprint density at radius 1 is 0.939 bits per heavy atom. The number of esters is 1. The Morgan fingerprint density at radius 3 is 2.30 bits per heavy atom. The fourth-order valence-electron chi connectivity index (χ4n) is 3.62. The number of rotatable bonds is 9. The van der Waals surface area contributed by atoms with Crippen molar-refractivity contribution in [3.05, 3.63) is 65.7 Å². The third kappa shape index (κ3) is 6.55. The lowest BCUT2D eigenvalue weighted by Crippen LogP contribution is -2.63. The average molecular weight is 453 g/mol. The van der Waals surface area contributed by atoms with E-state index in [-0.39, 0.29) is 18.7 Å². The Labute approximate surface area is 191 Å². The zero-order chi connectivity index (χ0) is 23.8. The molecular formula is C24H27N3O6. The van der Waals surface area contributed by atoms with E-state index in [0.717, 1.165) is 11.1 Å². The number of nitrogens with one attached hydrogen (secondary N) is 3. The average Bonchev–Trinajstić information content (AvgIpc) is 2.82. The van der Waals surface area contributed by atoms with Crippen molar-refractivity contribution in [3.8, 4) is 5.75 Å². The summed E-state index contributed by atoms with van der Waals surface area (Å²) in [7, 11) is 2.77. The highest BCUT2D eigenvalue weighted by molar-refractivity contribution is 5.99. The molecule has 0 saturated carbocycles. The molecule has 0 bridgehead atoms. The summed E-state index contributed by atoms with van der Waals surface area (Å²) in [5.41, 5.74) is 1.67. The predicted octanol–water partition coefficient (Wildman–Crippen LogP) is 0.512. The molecule has 0 radical (unpaired) electrons. The Hall–Kier alpha value is -3.88. The van der Waals surface area contributed by atoms with Crippen molar-refractivity contribution in [1.29, 1.82) is 0 Å². The molecule has 3 atom stereocenters. The van der Waals surface area contributed by atoms with Crippen LogP contribution in [0.15, 0.2) is 54.6 Å². The lowest BCUT2D eigenvalue weighted by molar-refractivity contribution is -0.145. The van der Waals surface area contributed by atoms with Crippen molar-refractivity contribution >= 4 is 23.7 Å². The summed E-state index contributed by atoms with van der Waals surface area (Å²) in [6.07, 6.45) is 0.224. The van der Waals surface area contributed by atoms with Crippen LogP contribution in [0.4, 0.5) is 0 Å².